The molecule has 0 bridgehead atoms. The molecule has 0 spiro atoms. The first-order valence-corrected chi connectivity index (χ1v) is 12.3. The highest BCUT2D eigenvalue weighted by Gasteiger charge is 2.34. The third-order valence-electron chi connectivity index (χ3n) is 5.80. The number of carbonyl (C=O) groups is 3. The third kappa shape index (κ3) is 4.92. The molecule has 8 heteroatoms. The Morgan fingerprint density at radius 2 is 1.90 bits per heavy atom. The number of hydrogen-bond acceptors (Lipinski definition) is 5. The molecule has 1 fully saturated rings. The van der Waals surface area contributed by atoms with Crippen LogP contribution in [0.5, 0.6) is 0 Å². The molecular weight excluding hydrogens is 418 g/mol. The molecule has 2 aliphatic rings. The highest BCUT2D eigenvalue weighted by atomic mass is 32.1. The van der Waals surface area contributed by atoms with Crippen LogP contribution in [0.3, 0.4) is 0 Å². The molecular formula is C22H27N3O3S2. The normalized spacial score (nSPS) is 18.9. The van der Waals surface area contributed by atoms with Gasteiger partial charge in [0, 0.05) is 16.3 Å². The van der Waals surface area contributed by atoms with Gasteiger partial charge in [-0.3, -0.25) is 25.2 Å². The van der Waals surface area contributed by atoms with Crippen LogP contribution in [0.4, 0.5) is 0 Å². The number of rotatable bonds is 4. The van der Waals surface area contributed by atoms with Gasteiger partial charge in [-0.15, -0.1) is 22.7 Å². The number of carbonyl (C=O) groups excluding carboxylic acids is 3. The topological polar surface area (TPSA) is 78.5 Å². The molecule has 0 saturated carbocycles. The minimum absolute atomic E-state index is 0.0421. The number of thiophene rings is 2. The maximum absolute atomic E-state index is 12.7. The molecule has 2 N–H and O–H groups in total. The van der Waals surface area contributed by atoms with Crippen molar-refractivity contribution in [3.8, 4) is 0 Å². The van der Waals surface area contributed by atoms with Crippen molar-refractivity contribution in [2.24, 2.45) is 0 Å². The molecule has 160 valence electrons. The van der Waals surface area contributed by atoms with E-state index in [2.05, 4.69) is 10.9 Å². The number of amides is 3. The Bertz CT molecular complexity index is 881. The Morgan fingerprint density at radius 3 is 2.70 bits per heavy atom. The Morgan fingerprint density at radius 1 is 1.07 bits per heavy atom. The van der Waals surface area contributed by atoms with Gasteiger partial charge < -0.3 is 4.90 Å². The molecule has 2 aromatic heterocycles. The summed E-state index contributed by atoms with van der Waals surface area (Å²) in [6, 6.07) is 5.29. The van der Waals surface area contributed by atoms with Crippen molar-refractivity contribution in [1.29, 1.82) is 0 Å². The summed E-state index contributed by atoms with van der Waals surface area (Å²) in [7, 11) is 0. The Balaban J connectivity index is 1.33. The number of hydrazine groups is 1. The standard InChI is InChI=1S/C22H27N3O3S2/c26-20(14-16-8-6-12-29-16)25-11-5-9-17(25)21(27)23-24-22(28)19-13-15-7-3-1-2-4-10-18(15)30-19/h6,8,12-13,17H,1-5,7,9-11,14H2,(H,23,27)(H,24,28). The number of fused-ring (bicyclic) bond motifs is 1. The molecule has 3 heterocycles. The summed E-state index contributed by atoms with van der Waals surface area (Å²) < 4.78 is 0. The maximum atomic E-state index is 12.7. The van der Waals surface area contributed by atoms with E-state index in [1.165, 1.54) is 47.5 Å². The van der Waals surface area contributed by atoms with E-state index in [9.17, 15) is 14.4 Å². The maximum Gasteiger partial charge on any atom is 0.279 e. The van der Waals surface area contributed by atoms with E-state index >= 15 is 0 Å². The first kappa shape index (κ1) is 21.1. The molecule has 2 aromatic rings. The summed E-state index contributed by atoms with van der Waals surface area (Å²) in [5.74, 6) is -0.649. The lowest BCUT2D eigenvalue weighted by Crippen LogP contribution is -2.51. The fourth-order valence-electron chi connectivity index (χ4n) is 4.22. The van der Waals surface area contributed by atoms with E-state index in [1.807, 2.05) is 23.6 Å². The lowest BCUT2D eigenvalue weighted by Gasteiger charge is -2.23. The first-order chi connectivity index (χ1) is 14.6. The second kappa shape index (κ2) is 9.75. The van der Waals surface area contributed by atoms with Crippen molar-refractivity contribution in [3.63, 3.8) is 0 Å². The van der Waals surface area contributed by atoms with Gasteiger partial charge in [0.05, 0.1) is 11.3 Å². The van der Waals surface area contributed by atoms with Crippen LogP contribution in [-0.2, 0) is 28.9 Å². The molecule has 30 heavy (non-hydrogen) atoms. The van der Waals surface area contributed by atoms with Crippen molar-refractivity contribution in [3.05, 3.63) is 43.8 Å². The Kier molecular flexibility index (Phi) is 6.84. The second-order valence-corrected chi connectivity index (χ2v) is 10.1. The van der Waals surface area contributed by atoms with Crippen LogP contribution in [0, 0.1) is 0 Å². The molecule has 1 saturated heterocycles. The van der Waals surface area contributed by atoms with E-state index in [0.717, 1.165) is 24.1 Å². The van der Waals surface area contributed by atoms with E-state index in [1.54, 1.807) is 16.2 Å². The van der Waals surface area contributed by atoms with Gasteiger partial charge in [0.1, 0.15) is 6.04 Å². The van der Waals surface area contributed by atoms with Gasteiger partial charge >= 0.3 is 0 Å². The zero-order chi connectivity index (χ0) is 20.9. The van der Waals surface area contributed by atoms with Crippen molar-refractivity contribution >= 4 is 40.4 Å². The number of likely N-dealkylation sites (tertiary alicyclic amines) is 1. The van der Waals surface area contributed by atoms with E-state index < -0.39 is 6.04 Å². The quantitative estimate of drug-likeness (QED) is 0.708. The second-order valence-electron chi connectivity index (χ2n) is 7.92. The van der Waals surface area contributed by atoms with E-state index in [4.69, 9.17) is 0 Å². The van der Waals surface area contributed by atoms with Gasteiger partial charge in [0.15, 0.2) is 0 Å². The van der Waals surface area contributed by atoms with Crippen molar-refractivity contribution < 1.29 is 14.4 Å². The monoisotopic (exact) mass is 445 g/mol. The van der Waals surface area contributed by atoms with E-state index in [-0.39, 0.29) is 17.7 Å². The summed E-state index contributed by atoms with van der Waals surface area (Å²) in [5, 5.41) is 1.94. The fourth-order valence-corrected chi connectivity index (χ4v) is 6.07. The summed E-state index contributed by atoms with van der Waals surface area (Å²) in [5.41, 5.74) is 6.38. The SMILES string of the molecule is O=C(NNC(=O)C1CCCN1C(=O)Cc1cccs1)c1cc2c(s1)CCCCCC2. The number of aryl methyl sites for hydroxylation is 2. The predicted molar refractivity (Wildman–Crippen MR) is 119 cm³/mol. The van der Waals surface area contributed by atoms with Crippen LogP contribution < -0.4 is 10.9 Å². The van der Waals surface area contributed by atoms with Gasteiger partial charge in [-0.05, 0) is 61.6 Å². The average molecular weight is 446 g/mol. The highest BCUT2D eigenvalue weighted by Crippen LogP contribution is 2.28. The van der Waals surface area contributed by atoms with Crippen LogP contribution >= 0.6 is 22.7 Å². The first-order valence-electron chi connectivity index (χ1n) is 10.7. The van der Waals surface area contributed by atoms with Gasteiger partial charge in [0.2, 0.25) is 5.91 Å². The van der Waals surface area contributed by atoms with Gasteiger partial charge in [-0.1, -0.05) is 18.9 Å². The van der Waals surface area contributed by atoms with Crippen LogP contribution in [0.2, 0.25) is 0 Å². The zero-order valence-electron chi connectivity index (χ0n) is 16.9. The predicted octanol–water partition coefficient (Wildman–Crippen LogP) is 3.46. The lowest BCUT2D eigenvalue weighted by atomic mass is 10.00. The summed E-state index contributed by atoms with van der Waals surface area (Å²) in [6.07, 6.45) is 8.60. The largest absolute Gasteiger partial charge is 0.330 e. The van der Waals surface area contributed by atoms with Crippen LogP contribution in [0.1, 0.15) is 63.5 Å². The summed E-state index contributed by atoms with van der Waals surface area (Å²) in [6.45, 7) is 0.577. The Hall–Kier alpha value is -2.19. The van der Waals surface area contributed by atoms with Crippen molar-refractivity contribution in [1.82, 2.24) is 15.8 Å². The minimum atomic E-state index is -0.527. The molecule has 0 radical (unpaired) electrons. The molecule has 3 amide bonds. The molecule has 1 atom stereocenters. The molecule has 6 nitrogen and oxygen atoms in total. The smallest absolute Gasteiger partial charge is 0.279 e. The molecule has 0 aromatic carbocycles. The number of nitrogens with zero attached hydrogens (tertiary/aromatic N) is 1. The van der Waals surface area contributed by atoms with Crippen LogP contribution in [-0.4, -0.2) is 35.2 Å². The van der Waals surface area contributed by atoms with Crippen molar-refractivity contribution in [2.45, 2.75) is 63.8 Å². The number of nitrogens with one attached hydrogen (secondary N) is 2. The zero-order valence-corrected chi connectivity index (χ0v) is 18.6. The van der Waals surface area contributed by atoms with E-state index in [0.29, 0.717) is 24.3 Å². The molecule has 4 rings (SSSR count). The van der Waals surface area contributed by atoms with Crippen molar-refractivity contribution in [2.75, 3.05) is 6.54 Å². The Labute approximate surface area is 184 Å². The van der Waals surface area contributed by atoms with Gasteiger partial charge in [-0.2, -0.15) is 0 Å². The van der Waals surface area contributed by atoms with Crippen LogP contribution in [0.15, 0.2) is 23.6 Å². The molecule has 1 aliphatic heterocycles. The lowest BCUT2D eigenvalue weighted by molar-refractivity contribution is -0.138. The van der Waals surface area contributed by atoms with Gasteiger partial charge in [0.25, 0.3) is 11.8 Å². The molecule has 1 aliphatic carbocycles. The third-order valence-corrected chi connectivity index (χ3v) is 7.91. The summed E-state index contributed by atoms with van der Waals surface area (Å²) >= 11 is 3.07. The summed E-state index contributed by atoms with van der Waals surface area (Å²) in [4.78, 5) is 42.4. The van der Waals surface area contributed by atoms with Gasteiger partial charge in [-0.25, -0.2) is 0 Å². The average Bonchev–Trinajstić information content (AvgIpc) is 3.46. The molecule has 1 unspecified atom stereocenters. The fraction of sp³-hybridized carbons (Fsp3) is 0.500. The minimum Gasteiger partial charge on any atom is -0.330 e. The highest BCUT2D eigenvalue weighted by molar-refractivity contribution is 7.14. The number of hydrogen-bond donors (Lipinski definition) is 2. The van der Waals surface area contributed by atoms with Crippen LogP contribution in [0.25, 0.3) is 0 Å².